The zero-order chi connectivity index (χ0) is 66.3. The number of phosphoric ester groups is 1. The lowest BCUT2D eigenvalue weighted by Crippen LogP contribution is -2.70. The van der Waals surface area contributed by atoms with E-state index < -0.39 is 101 Å². The maximum Gasteiger partial charge on any atom is 0.475 e. The van der Waals surface area contributed by atoms with Crippen LogP contribution in [-0.4, -0.2) is 117 Å². The number of unbranched alkanes of at least 4 members (excludes halogenated alkanes) is 28. The van der Waals surface area contributed by atoms with Gasteiger partial charge >= 0.3 is 42.9 Å². The molecule has 0 aromatic heterocycles. The number of phosphoric acid groups is 1. The Balaban J connectivity index is 2.43. The van der Waals surface area contributed by atoms with Crippen molar-refractivity contribution < 1.29 is 74.0 Å². The molecule has 0 spiro atoms. The van der Waals surface area contributed by atoms with E-state index in [2.05, 4.69) is 90.0 Å². The minimum Gasteiger partial charge on any atom is -0.462 e. The number of fused-ring (bicyclic) bond motifs is 1. The van der Waals surface area contributed by atoms with Crippen molar-refractivity contribution in [3.05, 3.63) is 0 Å². The largest absolute Gasteiger partial charge is 0.475 e. The van der Waals surface area contributed by atoms with Crippen molar-refractivity contribution in [3.8, 4) is 0 Å². The lowest BCUT2D eigenvalue weighted by atomic mass is 9.85. The van der Waals surface area contributed by atoms with Crippen molar-refractivity contribution in [2.75, 3.05) is 20.3 Å². The van der Waals surface area contributed by atoms with Crippen LogP contribution in [0.2, 0.25) is 40.3 Å². The van der Waals surface area contributed by atoms with E-state index >= 15 is 4.57 Å². The van der Waals surface area contributed by atoms with Crippen LogP contribution in [0.5, 0.6) is 0 Å². The topological polar surface area (TPSA) is 198 Å². The van der Waals surface area contributed by atoms with Gasteiger partial charge in [0.1, 0.15) is 42.9 Å². The Labute approximate surface area is 546 Å². The van der Waals surface area contributed by atoms with Crippen LogP contribution in [0.4, 0.5) is 0 Å². The van der Waals surface area contributed by atoms with Crippen molar-refractivity contribution in [2.45, 2.75) is 398 Å². The zero-order valence-corrected chi connectivity index (χ0v) is 63.3. The highest BCUT2D eigenvalue weighted by Gasteiger charge is 2.67. The first-order chi connectivity index (χ1) is 42.5. The molecule has 1 aliphatic heterocycles. The molecular formula is C69H135O16PSi3. The predicted molar refractivity (Wildman–Crippen MR) is 366 cm³/mol. The number of ketones is 1. The molecule has 8 atom stereocenters. The SMILES string of the molecule is CCCCCCCCCCCCCCCCCC(=O)OC[C@H](COP(=O)(OC)O[C@@H]1[C@H](O)[C@@H]2O[Si](C(C)C)(C(C)C)O[Si](C(C)C)(C(C)C)O[C@H]2[C@H](O[Si](CC)(CC)CC)[C@H]1OC(=O)CCC(C)=O)OC(=O)CCCCCCCCCCCCCCCCC. The van der Waals surface area contributed by atoms with Gasteiger partial charge < -0.3 is 41.5 Å². The van der Waals surface area contributed by atoms with E-state index in [1.54, 1.807) is 0 Å². The van der Waals surface area contributed by atoms with Crippen LogP contribution < -0.4 is 0 Å². The fourth-order valence-electron chi connectivity index (χ4n) is 13.0. The van der Waals surface area contributed by atoms with E-state index in [-0.39, 0.29) is 60.2 Å². The van der Waals surface area contributed by atoms with Gasteiger partial charge in [-0.3, -0.25) is 28.0 Å². The summed E-state index contributed by atoms with van der Waals surface area (Å²) in [6, 6.07) is 2.09. The number of hydrogen-bond donors (Lipinski definition) is 1. The lowest BCUT2D eigenvalue weighted by molar-refractivity contribution is -0.220. The highest BCUT2D eigenvalue weighted by Crippen LogP contribution is 2.55. The smallest absolute Gasteiger partial charge is 0.462 e. The van der Waals surface area contributed by atoms with Crippen molar-refractivity contribution in [3.63, 3.8) is 0 Å². The number of aliphatic hydroxyl groups is 1. The van der Waals surface area contributed by atoms with Crippen molar-refractivity contribution >= 4 is 57.0 Å². The number of esters is 3. The molecule has 1 saturated heterocycles. The average Bonchev–Trinajstić information content (AvgIpc) is 1.73. The predicted octanol–water partition coefficient (Wildman–Crippen LogP) is 19.5. The molecule has 0 bridgehead atoms. The number of carbonyl (C=O) groups excluding carboxylic acids is 4. The van der Waals surface area contributed by atoms with Gasteiger partial charge in [0, 0.05) is 26.4 Å². The van der Waals surface area contributed by atoms with Gasteiger partial charge in [-0.2, -0.15) is 0 Å². The molecule has 89 heavy (non-hydrogen) atoms. The average molecular weight is 1340 g/mol. The minimum atomic E-state index is -4.84. The molecule has 2 aliphatic rings. The standard InChI is InChI=1S/C69H135O16PSi3/c1-16-21-23-25-27-29-31-33-35-37-39-41-43-45-47-49-61(71)77-53-60(79-62(72)50-48-46-44-42-40-38-36-34-32-30-28-26-24-22-17-2)54-78-86(75,76-15)81-65-64(74)66-68(84-89(57(10)11,58(12)13)85-88(83-66,55(6)7)56(8)9)69(82-87(18-3,19-4)20-5)67(65)80-63(73)52-51-59(14)70/h55-58,60,64-69,74H,16-54H2,1-15H3/t60-,64+,65-,66+,67+,68-,69-,86?/m1/s1. The Kier molecular flexibility index (Phi) is 43.9. The first-order valence-corrected chi connectivity index (χ1v) is 44.4. The van der Waals surface area contributed by atoms with Gasteiger partial charge in [-0.25, -0.2) is 4.57 Å². The summed E-state index contributed by atoms with van der Waals surface area (Å²) in [6.07, 6.45) is 26.5. The fourth-order valence-corrected chi connectivity index (χ4v) is 28.3. The quantitative estimate of drug-likeness (QED) is 0.0198. The second-order valence-corrected chi connectivity index (χ2v) is 42.7. The lowest BCUT2D eigenvalue weighted by Gasteiger charge is -2.51. The Morgan fingerprint density at radius 3 is 1.24 bits per heavy atom. The van der Waals surface area contributed by atoms with Crippen molar-refractivity contribution in [1.29, 1.82) is 0 Å². The minimum absolute atomic E-state index is 0.0931. The first kappa shape index (κ1) is 83.7. The molecule has 1 saturated carbocycles. The Bertz CT molecular complexity index is 1920. The van der Waals surface area contributed by atoms with E-state index in [1.807, 2.05) is 0 Å². The molecule has 0 amide bonds. The Morgan fingerprint density at radius 1 is 0.483 bits per heavy atom. The van der Waals surface area contributed by atoms with Gasteiger partial charge in [0.15, 0.2) is 20.5 Å². The monoisotopic (exact) mass is 1330 g/mol. The highest BCUT2D eigenvalue weighted by atomic mass is 31.2. The summed E-state index contributed by atoms with van der Waals surface area (Å²) in [4.78, 5) is 53.3. The first-order valence-electron chi connectivity index (χ1n) is 36.4. The number of Topliss-reactive ketones (excluding diaryl/α,β-unsaturated/α-hetero) is 1. The van der Waals surface area contributed by atoms with Crippen LogP contribution in [-0.2, 0) is 68.9 Å². The van der Waals surface area contributed by atoms with Crippen molar-refractivity contribution in [1.82, 2.24) is 0 Å². The molecule has 1 N–H and O–H groups in total. The number of aliphatic hydroxyl groups excluding tert-OH is 1. The molecule has 2 rings (SSSR count). The van der Waals surface area contributed by atoms with Crippen LogP contribution >= 0.6 is 7.82 Å². The van der Waals surface area contributed by atoms with E-state index in [0.717, 1.165) is 45.6 Å². The highest BCUT2D eigenvalue weighted by molar-refractivity contribution is 7.48. The van der Waals surface area contributed by atoms with Crippen molar-refractivity contribution in [2.24, 2.45) is 0 Å². The molecule has 1 heterocycles. The van der Waals surface area contributed by atoms with E-state index in [1.165, 1.54) is 148 Å². The van der Waals surface area contributed by atoms with Gasteiger partial charge in [-0.15, -0.1) is 0 Å². The summed E-state index contributed by atoms with van der Waals surface area (Å²) in [5.41, 5.74) is -0.430. The second kappa shape index (κ2) is 46.7. The number of ether oxygens (including phenoxy) is 3. The van der Waals surface area contributed by atoms with E-state index in [9.17, 15) is 24.3 Å². The third-order valence-corrected chi connectivity index (χ3v) is 35.3. The molecule has 524 valence electrons. The fraction of sp³-hybridized carbons (Fsp3) is 0.942. The summed E-state index contributed by atoms with van der Waals surface area (Å²) in [6.45, 7) is 27.9. The van der Waals surface area contributed by atoms with Crippen LogP contribution in [0.15, 0.2) is 0 Å². The molecule has 0 radical (unpaired) electrons. The number of carbonyl (C=O) groups is 4. The van der Waals surface area contributed by atoms with Gasteiger partial charge in [0.25, 0.3) is 0 Å². The molecule has 16 nitrogen and oxygen atoms in total. The van der Waals surface area contributed by atoms with E-state index in [0.29, 0.717) is 31.0 Å². The summed E-state index contributed by atoms with van der Waals surface area (Å²) >= 11 is 0. The molecule has 1 unspecified atom stereocenters. The number of rotatable bonds is 54. The molecular weight excluding hydrogens is 1200 g/mol. The third kappa shape index (κ3) is 30.5. The molecule has 2 fully saturated rings. The van der Waals surface area contributed by atoms with Gasteiger partial charge in [-0.1, -0.05) is 270 Å². The van der Waals surface area contributed by atoms with E-state index in [4.69, 9.17) is 45.2 Å². The summed E-state index contributed by atoms with van der Waals surface area (Å²) in [5.74, 6) is -1.94. The number of hydrogen-bond acceptors (Lipinski definition) is 16. The Morgan fingerprint density at radius 2 is 0.865 bits per heavy atom. The summed E-state index contributed by atoms with van der Waals surface area (Å²) in [7, 11) is -13.2. The van der Waals surface area contributed by atoms with Crippen LogP contribution in [0.25, 0.3) is 0 Å². The third-order valence-electron chi connectivity index (χ3n) is 19.0. The summed E-state index contributed by atoms with van der Waals surface area (Å²) in [5, 5.41) is 13.1. The normalized spacial score (nSPS) is 21.2. The zero-order valence-electron chi connectivity index (χ0n) is 59.4. The second-order valence-electron chi connectivity index (χ2n) is 27.5. The van der Waals surface area contributed by atoms with Crippen LogP contribution in [0, 0.1) is 0 Å². The summed E-state index contributed by atoms with van der Waals surface area (Å²) < 4.78 is 81.5. The molecule has 0 aromatic carbocycles. The molecule has 0 aromatic rings. The maximum absolute atomic E-state index is 15.3. The van der Waals surface area contributed by atoms with Crippen LogP contribution in [0.1, 0.15) is 315 Å². The van der Waals surface area contributed by atoms with Gasteiger partial charge in [0.2, 0.25) is 0 Å². The molecule has 1 aliphatic carbocycles. The molecule has 20 heteroatoms. The van der Waals surface area contributed by atoms with Gasteiger partial charge in [0.05, 0.1) is 13.0 Å². The van der Waals surface area contributed by atoms with Crippen LogP contribution in [0.3, 0.4) is 0 Å². The van der Waals surface area contributed by atoms with Gasteiger partial charge in [-0.05, 0) is 60.1 Å². The maximum atomic E-state index is 15.3. The Hall–Kier alpha value is -1.36.